The van der Waals surface area contributed by atoms with Crippen LogP contribution in [0.1, 0.15) is 17.8 Å². The second-order valence-corrected chi connectivity index (χ2v) is 8.66. The highest BCUT2D eigenvalue weighted by atomic mass is 32.2. The smallest absolute Gasteiger partial charge is 0.231 e. The van der Waals surface area contributed by atoms with Crippen LogP contribution >= 0.6 is 11.8 Å². The first-order valence-electron chi connectivity index (χ1n) is 10.8. The van der Waals surface area contributed by atoms with Gasteiger partial charge in [-0.1, -0.05) is 41.3 Å². The molecule has 0 aliphatic carbocycles. The molecular weight excluding hydrogens is 454 g/mol. The second kappa shape index (κ2) is 9.96. The first kappa shape index (κ1) is 22.0. The van der Waals surface area contributed by atoms with Crippen molar-refractivity contribution in [3.05, 3.63) is 66.5 Å². The summed E-state index contributed by atoms with van der Waals surface area (Å²) in [6, 6.07) is 13.4. The van der Waals surface area contributed by atoms with Gasteiger partial charge < -0.3 is 19.4 Å². The molecule has 0 saturated carbocycles. The molecule has 4 aromatic rings. The molecule has 3 heterocycles. The Morgan fingerprint density at radius 3 is 2.94 bits per heavy atom. The molecule has 5 rings (SSSR count). The Hall–Kier alpha value is -3.86. The molecule has 1 aliphatic heterocycles. The van der Waals surface area contributed by atoms with Gasteiger partial charge in [-0.05, 0) is 29.8 Å². The van der Waals surface area contributed by atoms with Gasteiger partial charge in [0.1, 0.15) is 12.1 Å². The van der Waals surface area contributed by atoms with Gasteiger partial charge in [-0.15, -0.1) is 21.9 Å². The number of thioether (sulfide) groups is 1. The fourth-order valence-electron chi connectivity index (χ4n) is 3.60. The van der Waals surface area contributed by atoms with Crippen LogP contribution in [0.5, 0.6) is 11.5 Å². The van der Waals surface area contributed by atoms with Gasteiger partial charge in [0, 0.05) is 25.3 Å². The number of allylic oxidation sites excluding steroid dienone is 1. The van der Waals surface area contributed by atoms with E-state index in [4.69, 9.17) is 9.47 Å². The Balaban J connectivity index is 1.16. The van der Waals surface area contributed by atoms with Gasteiger partial charge in [0.25, 0.3) is 0 Å². The molecule has 0 unspecified atom stereocenters. The third-order valence-corrected chi connectivity index (χ3v) is 6.27. The van der Waals surface area contributed by atoms with E-state index in [1.807, 2.05) is 47.0 Å². The van der Waals surface area contributed by atoms with Crippen molar-refractivity contribution in [3.8, 4) is 11.5 Å². The van der Waals surface area contributed by atoms with Crippen LogP contribution in [-0.2, 0) is 24.4 Å². The number of carbonyl (C=O) groups excluding carboxylic acids is 1. The van der Waals surface area contributed by atoms with Crippen LogP contribution in [0.15, 0.2) is 60.3 Å². The van der Waals surface area contributed by atoms with Crippen molar-refractivity contribution in [3.63, 3.8) is 0 Å². The summed E-state index contributed by atoms with van der Waals surface area (Å²) in [5, 5.41) is 20.8. The van der Waals surface area contributed by atoms with Crippen LogP contribution < -0.4 is 14.8 Å². The van der Waals surface area contributed by atoms with E-state index in [-0.39, 0.29) is 12.7 Å². The van der Waals surface area contributed by atoms with E-state index in [1.54, 1.807) is 10.8 Å². The minimum atomic E-state index is -0.0331. The minimum Gasteiger partial charge on any atom is -0.454 e. The lowest BCUT2D eigenvalue weighted by atomic mass is 10.2. The molecule has 0 bridgehead atoms. The fraction of sp³-hybridized carbons (Fsp3) is 0.261. The summed E-state index contributed by atoms with van der Waals surface area (Å²) >= 11 is 1.49. The van der Waals surface area contributed by atoms with E-state index < -0.39 is 0 Å². The number of para-hydroxylation sites is 1. The molecule has 11 heteroatoms. The molecule has 2 aromatic carbocycles. The number of ether oxygens (including phenoxy) is 2. The molecule has 0 atom stereocenters. The molecule has 174 valence electrons. The highest BCUT2D eigenvalue weighted by Gasteiger charge is 2.16. The Kier molecular flexibility index (Phi) is 6.43. The monoisotopic (exact) mass is 477 g/mol. The summed E-state index contributed by atoms with van der Waals surface area (Å²) in [4.78, 5) is 12.3. The number of hydrogen-bond donors (Lipinski definition) is 1. The Labute approximate surface area is 200 Å². The summed E-state index contributed by atoms with van der Waals surface area (Å²) < 4.78 is 14.5. The highest BCUT2D eigenvalue weighted by molar-refractivity contribution is 7.99. The summed E-state index contributed by atoms with van der Waals surface area (Å²) in [6.45, 7) is 5.52. The maximum atomic E-state index is 12.3. The van der Waals surface area contributed by atoms with Crippen LogP contribution in [0.2, 0.25) is 0 Å². The predicted octanol–water partition coefficient (Wildman–Crippen LogP) is 2.78. The predicted molar refractivity (Wildman–Crippen MR) is 127 cm³/mol. The molecule has 1 aliphatic rings. The van der Waals surface area contributed by atoms with E-state index in [0.29, 0.717) is 37.6 Å². The lowest BCUT2D eigenvalue weighted by Gasteiger charge is -2.08. The number of fused-ring (bicyclic) bond motifs is 2. The van der Waals surface area contributed by atoms with Crippen LogP contribution in [-0.4, -0.2) is 48.2 Å². The maximum absolute atomic E-state index is 12.3. The summed E-state index contributed by atoms with van der Waals surface area (Å²) in [5.41, 5.74) is 2.73. The van der Waals surface area contributed by atoms with Gasteiger partial charge in [-0.2, -0.15) is 0 Å². The average Bonchev–Trinajstić information content (AvgIpc) is 3.58. The Bertz CT molecular complexity index is 1330. The number of carbonyl (C=O) groups is 1. The van der Waals surface area contributed by atoms with Crippen LogP contribution in [0, 0.1) is 0 Å². The summed E-state index contributed by atoms with van der Waals surface area (Å²) in [7, 11) is 0. The maximum Gasteiger partial charge on any atom is 0.231 e. The van der Waals surface area contributed by atoms with Crippen molar-refractivity contribution in [2.45, 2.75) is 31.2 Å². The molecular formula is C23H23N7O3S. The largest absolute Gasteiger partial charge is 0.454 e. The van der Waals surface area contributed by atoms with E-state index in [2.05, 4.69) is 32.4 Å². The van der Waals surface area contributed by atoms with Crippen molar-refractivity contribution in [1.29, 1.82) is 0 Å². The van der Waals surface area contributed by atoms with E-state index >= 15 is 0 Å². The first-order chi connectivity index (χ1) is 16.7. The Morgan fingerprint density at radius 1 is 1.15 bits per heavy atom. The van der Waals surface area contributed by atoms with Crippen molar-refractivity contribution < 1.29 is 14.3 Å². The number of rotatable bonds is 10. The van der Waals surface area contributed by atoms with Gasteiger partial charge >= 0.3 is 0 Å². The van der Waals surface area contributed by atoms with Crippen LogP contribution in [0.3, 0.4) is 0 Å². The summed E-state index contributed by atoms with van der Waals surface area (Å²) in [5.74, 6) is 2.73. The average molecular weight is 478 g/mol. The van der Waals surface area contributed by atoms with Crippen molar-refractivity contribution in [2.75, 3.05) is 12.5 Å². The topological polar surface area (TPSA) is 109 Å². The number of hydrogen-bond acceptors (Lipinski definition) is 8. The highest BCUT2D eigenvalue weighted by Crippen LogP contribution is 2.32. The third-order valence-electron chi connectivity index (χ3n) is 5.30. The molecule has 0 radical (unpaired) electrons. The van der Waals surface area contributed by atoms with E-state index in [0.717, 1.165) is 33.3 Å². The third kappa shape index (κ3) is 4.74. The van der Waals surface area contributed by atoms with Crippen molar-refractivity contribution in [2.24, 2.45) is 0 Å². The first-order valence-corrected chi connectivity index (χ1v) is 11.8. The molecule has 1 N–H and O–H groups in total. The Morgan fingerprint density at radius 2 is 2.03 bits per heavy atom. The van der Waals surface area contributed by atoms with Crippen molar-refractivity contribution >= 4 is 28.7 Å². The lowest BCUT2D eigenvalue weighted by Crippen LogP contribution is -2.23. The zero-order valence-electron chi connectivity index (χ0n) is 18.4. The zero-order chi connectivity index (χ0) is 23.3. The van der Waals surface area contributed by atoms with Crippen LogP contribution in [0.25, 0.3) is 11.0 Å². The number of amides is 1. The summed E-state index contributed by atoms with van der Waals surface area (Å²) in [6.07, 6.45) is 2.16. The molecule has 34 heavy (non-hydrogen) atoms. The normalized spacial score (nSPS) is 12.2. The van der Waals surface area contributed by atoms with E-state index in [9.17, 15) is 4.79 Å². The van der Waals surface area contributed by atoms with Gasteiger partial charge in [-0.25, -0.2) is 4.68 Å². The van der Waals surface area contributed by atoms with Gasteiger partial charge in [-0.3, -0.25) is 4.79 Å². The number of aromatic nitrogens is 6. The second-order valence-electron chi connectivity index (χ2n) is 7.60. The van der Waals surface area contributed by atoms with Crippen molar-refractivity contribution in [1.82, 2.24) is 35.1 Å². The number of nitrogens with one attached hydrogen (secondary N) is 1. The minimum absolute atomic E-state index is 0.0331. The zero-order valence-corrected chi connectivity index (χ0v) is 19.2. The molecule has 0 fully saturated rings. The van der Waals surface area contributed by atoms with Gasteiger partial charge in [0.05, 0.1) is 5.52 Å². The van der Waals surface area contributed by atoms with Gasteiger partial charge in [0.2, 0.25) is 12.7 Å². The fourth-order valence-corrected chi connectivity index (χ4v) is 4.50. The molecule has 1 amide bonds. The van der Waals surface area contributed by atoms with Crippen LogP contribution in [0.4, 0.5) is 0 Å². The SMILES string of the molecule is C=CCn1c(Cn2nnc3ccccc32)nnc1SCCC(=O)NCc1ccc2c(c1)OCO2. The number of nitrogens with zero attached hydrogens (tertiary/aromatic N) is 6. The number of benzene rings is 2. The molecule has 0 saturated heterocycles. The molecule has 0 spiro atoms. The lowest BCUT2D eigenvalue weighted by molar-refractivity contribution is -0.120. The van der Waals surface area contributed by atoms with Gasteiger partial charge in [0.15, 0.2) is 22.5 Å². The quantitative estimate of drug-likeness (QED) is 0.274. The molecule has 2 aromatic heterocycles. The van der Waals surface area contributed by atoms with E-state index in [1.165, 1.54) is 11.8 Å². The molecule has 10 nitrogen and oxygen atoms in total. The standard InChI is InChI=1S/C23H23N7O3S/c1-2-10-29-21(14-30-18-6-4-3-5-17(18)25-28-30)26-27-23(29)34-11-9-22(31)24-13-16-7-8-19-20(12-16)33-15-32-19/h2-8,12H,1,9-11,13-15H2,(H,24,31).